The van der Waals surface area contributed by atoms with Crippen molar-refractivity contribution in [2.75, 3.05) is 48.8 Å². The van der Waals surface area contributed by atoms with Crippen LogP contribution in [0.2, 0.25) is 0 Å². The maximum absolute atomic E-state index is 13.8. The number of hydrogen-bond acceptors (Lipinski definition) is 8. The lowest BCUT2D eigenvalue weighted by molar-refractivity contribution is -0.137. The minimum Gasteiger partial charge on any atom is -0.393 e. The molecule has 2 fully saturated rings. The molecule has 5 N–H and O–H groups in total. The van der Waals surface area contributed by atoms with Gasteiger partial charge in [-0.25, -0.2) is 9.97 Å². The summed E-state index contributed by atoms with van der Waals surface area (Å²) in [6.45, 7) is 4.11. The molecule has 2 heterocycles. The fourth-order valence-corrected chi connectivity index (χ4v) is 4.80. The van der Waals surface area contributed by atoms with Gasteiger partial charge < -0.3 is 31.3 Å². The largest absolute Gasteiger partial charge is 0.418 e. The quantitative estimate of drug-likeness (QED) is 0.438. The first-order chi connectivity index (χ1) is 17.5. The van der Waals surface area contributed by atoms with Crippen LogP contribution in [0.15, 0.2) is 18.2 Å². The Morgan fingerprint density at radius 3 is 2.38 bits per heavy atom. The molecule has 12 heteroatoms. The third-order valence-electron chi connectivity index (χ3n) is 6.98. The average molecular weight is 522 g/mol. The van der Waals surface area contributed by atoms with Crippen LogP contribution in [-0.4, -0.2) is 71.3 Å². The highest BCUT2D eigenvalue weighted by Gasteiger charge is 2.35. The lowest BCUT2D eigenvalue weighted by Crippen LogP contribution is -2.45. The molecular weight excluding hydrogens is 487 g/mol. The molecule has 0 radical (unpaired) electrons. The number of carbonyl (C=O) groups is 1. The van der Waals surface area contributed by atoms with Crippen LogP contribution in [0.4, 0.5) is 36.2 Å². The van der Waals surface area contributed by atoms with E-state index in [0.29, 0.717) is 62.6 Å². The predicted molar refractivity (Wildman–Crippen MR) is 136 cm³/mol. The molecule has 1 aliphatic heterocycles. The summed E-state index contributed by atoms with van der Waals surface area (Å²) in [5, 5.41) is 16.2. The summed E-state index contributed by atoms with van der Waals surface area (Å²) in [7, 11) is 1.94. The molecule has 37 heavy (non-hydrogen) atoms. The molecule has 0 bridgehead atoms. The van der Waals surface area contributed by atoms with Crippen molar-refractivity contribution in [3.05, 3.63) is 35.2 Å². The van der Waals surface area contributed by atoms with Crippen LogP contribution in [0.25, 0.3) is 0 Å². The molecule has 2 aliphatic rings. The number of rotatable bonds is 7. The van der Waals surface area contributed by atoms with Crippen molar-refractivity contribution in [3.63, 3.8) is 0 Å². The van der Waals surface area contributed by atoms with E-state index in [4.69, 9.17) is 5.73 Å². The van der Waals surface area contributed by atoms with Crippen molar-refractivity contribution in [1.29, 1.82) is 0 Å². The number of nitrogens with one attached hydrogen (secondary N) is 2. The zero-order valence-electron chi connectivity index (χ0n) is 21.1. The molecule has 2 aromatic rings. The number of hydrogen-bond donors (Lipinski definition) is 4. The van der Waals surface area contributed by atoms with Crippen LogP contribution in [0.3, 0.4) is 0 Å². The van der Waals surface area contributed by atoms with Crippen molar-refractivity contribution in [1.82, 2.24) is 14.9 Å². The first kappa shape index (κ1) is 26.9. The number of amides is 1. The van der Waals surface area contributed by atoms with Gasteiger partial charge in [0, 0.05) is 37.9 Å². The Labute approximate surface area is 214 Å². The Kier molecular flexibility index (Phi) is 8.08. The van der Waals surface area contributed by atoms with Gasteiger partial charge in [-0.3, -0.25) is 4.79 Å². The van der Waals surface area contributed by atoms with Gasteiger partial charge in [0.2, 0.25) is 0 Å². The minimum atomic E-state index is -4.51. The number of alkyl halides is 3. The summed E-state index contributed by atoms with van der Waals surface area (Å²) in [5.74, 6) is -0.224. The molecule has 1 saturated carbocycles. The molecule has 1 aliphatic carbocycles. The molecule has 1 amide bonds. The highest BCUT2D eigenvalue weighted by molar-refractivity contribution is 5.96. The number of carbonyl (C=O) groups excluding carboxylic acids is 1. The second-order valence-electron chi connectivity index (χ2n) is 9.73. The minimum absolute atomic E-state index is 0.0727. The number of piperazine rings is 1. The monoisotopic (exact) mass is 521 g/mol. The number of nitrogens with two attached hydrogens (primary N) is 1. The summed E-state index contributed by atoms with van der Waals surface area (Å²) in [6, 6.07) is 3.88. The average Bonchev–Trinajstić information content (AvgIpc) is 2.85. The number of benzene rings is 1. The number of halogens is 3. The first-order valence-electron chi connectivity index (χ1n) is 12.6. The normalized spacial score (nSPS) is 21.1. The van der Waals surface area contributed by atoms with E-state index in [1.807, 2.05) is 14.0 Å². The predicted octanol–water partition coefficient (Wildman–Crippen LogP) is 3.37. The summed E-state index contributed by atoms with van der Waals surface area (Å²) in [4.78, 5) is 25.0. The third kappa shape index (κ3) is 6.42. The molecule has 1 aromatic carbocycles. The topological polar surface area (TPSA) is 120 Å². The number of aromatic nitrogens is 2. The molecule has 0 spiro atoms. The van der Waals surface area contributed by atoms with E-state index in [1.165, 1.54) is 12.1 Å². The highest BCUT2D eigenvalue weighted by atomic mass is 19.4. The van der Waals surface area contributed by atoms with Crippen LogP contribution in [-0.2, 0) is 12.6 Å². The maximum Gasteiger partial charge on any atom is 0.418 e. The Hall–Kier alpha value is -3.12. The summed E-state index contributed by atoms with van der Waals surface area (Å²) in [5.41, 5.74) is 5.78. The van der Waals surface area contributed by atoms with Crippen LogP contribution in [0.5, 0.6) is 0 Å². The molecule has 4 rings (SSSR count). The number of likely N-dealkylation sites (N-methyl/N-ethyl adjacent to an activating group) is 1. The van der Waals surface area contributed by atoms with Gasteiger partial charge in [0.25, 0.3) is 5.91 Å². The van der Waals surface area contributed by atoms with Crippen molar-refractivity contribution in [2.45, 2.75) is 57.3 Å². The van der Waals surface area contributed by atoms with Crippen LogP contribution >= 0.6 is 0 Å². The van der Waals surface area contributed by atoms with Crippen LogP contribution < -0.4 is 21.3 Å². The standard InChI is InChI=1S/C25H34F3N7O2/c1-3-19-23(30-15-4-7-17(36)8-5-15)33-24(21(32-19)22(29)37)31-16-6-9-18(25(26,27)28)20(14-16)35-12-10-34(2)11-13-35/h6,9,14-15,17,36H,3-5,7-8,10-13H2,1-2H3,(H2,29,37)(H2,30,31,33). The smallest absolute Gasteiger partial charge is 0.393 e. The Balaban J connectivity index is 1.67. The fraction of sp³-hybridized carbons (Fsp3) is 0.560. The van der Waals surface area contributed by atoms with Gasteiger partial charge in [-0.05, 0) is 57.4 Å². The number of anilines is 4. The van der Waals surface area contributed by atoms with Crippen LogP contribution in [0, 0.1) is 0 Å². The van der Waals surface area contributed by atoms with Gasteiger partial charge in [-0.15, -0.1) is 0 Å². The van der Waals surface area contributed by atoms with Gasteiger partial charge in [0.05, 0.1) is 23.0 Å². The van der Waals surface area contributed by atoms with E-state index in [1.54, 1.807) is 4.90 Å². The van der Waals surface area contributed by atoms with Crippen LogP contribution in [0.1, 0.15) is 54.4 Å². The summed E-state index contributed by atoms with van der Waals surface area (Å²) < 4.78 is 41.5. The number of aliphatic hydroxyl groups excluding tert-OH is 1. The van der Waals surface area contributed by atoms with E-state index in [2.05, 4.69) is 25.5 Å². The van der Waals surface area contributed by atoms with E-state index < -0.39 is 17.6 Å². The lowest BCUT2D eigenvalue weighted by atomic mass is 9.93. The zero-order valence-corrected chi connectivity index (χ0v) is 21.1. The first-order valence-corrected chi connectivity index (χ1v) is 12.6. The Morgan fingerprint density at radius 2 is 1.78 bits per heavy atom. The lowest BCUT2D eigenvalue weighted by Gasteiger charge is -2.35. The SMILES string of the molecule is CCc1nc(C(N)=O)c(Nc2ccc(C(F)(F)F)c(N3CCN(C)CC3)c2)nc1NC1CCC(O)CC1. The molecule has 1 saturated heterocycles. The molecule has 202 valence electrons. The van der Waals surface area contributed by atoms with Crippen molar-refractivity contribution < 1.29 is 23.1 Å². The number of nitrogens with zero attached hydrogens (tertiary/aromatic N) is 4. The third-order valence-corrected chi connectivity index (χ3v) is 6.98. The molecule has 1 aromatic heterocycles. The highest BCUT2D eigenvalue weighted by Crippen LogP contribution is 2.39. The van der Waals surface area contributed by atoms with E-state index in [-0.39, 0.29) is 29.3 Å². The second-order valence-corrected chi connectivity index (χ2v) is 9.73. The summed E-state index contributed by atoms with van der Waals surface area (Å²) in [6.07, 6.45) is -1.44. The molecule has 0 atom stereocenters. The molecular formula is C25H34F3N7O2. The molecule has 9 nitrogen and oxygen atoms in total. The van der Waals surface area contributed by atoms with Crippen molar-refractivity contribution in [3.8, 4) is 0 Å². The van der Waals surface area contributed by atoms with Crippen molar-refractivity contribution >= 4 is 28.9 Å². The Bertz CT molecular complexity index is 1110. The van der Waals surface area contributed by atoms with Gasteiger partial charge in [-0.2, -0.15) is 13.2 Å². The van der Waals surface area contributed by atoms with E-state index in [9.17, 15) is 23.1 Å². The van der Waals surface area contributed by atoms with Gasteiger partial charge in [0.1, 0.15) is 5.82 Å². The number of aryl methyl sites for hydroxylation is 1. The van der Waals surface area contributed by atoms with Crippen molar-refractivity contribution in [2.24, 2.45) is 5.73 Å². The van der Waals surface area contributed by atoms with Gasteiger partial charge >= 0.3 is 6.18 Å². The molecule has 0 unspecified atom stereocenters. The second kappa shape index (κ2) is 11.1. The summed E-state index contributed by atoms with van der Waals surface area (Å²) >= 11 is 0. The Morgan fingerprint density at radius 1 is 1.11 bits per heavy atom. The number of primary amides is 1. The number of aliphatic hydroxyl groups is 1. The maximum atomic E-state index is 13.8. The zero-order chi connectivity index (χ0) is 26.7. The van der Waals surface area contributed by atoms with Gasteiger partial charge in [-0.1, -0.05) is 6.92 Å². The van der Waals surface area contributed by atoms with Gasteiger partial charge in [0.15, 0.2) is 11.5 Å². The van der Waals surface area contributed by atoms with E-state index in [0.717, 1.165) is 18.9 Å². The fourth-order valence-electron chi connectivity index (χ4n) is 4.80. The van der Waals surface area contributed by atoms with E-state index >= 15 is 0 Å².